The highest BCUT2D eigenvalue weighted by Gasteiger charge is 2.22. The third-order valence-electron chi connectivity index (χ3n) is 4.67. The molecule has 2 amide bonds. The van der Waals surface area contributed by atoms with Gasteiger partial charge < -0.3 is 19.9 Å². The Bertz CT molecular complexity index is 754. The molecule has 1 fully saturated rings. The molecule has 1 N–H and O–H groups in total. The molecule has 1 heterocycles. The number of hydrogen-bond acceptors (Lipinski definition) is 4. The normalized spacial score (nSPS) is 14.1. The molecule has 2 aromatic carbocycles. The average Bonchev–Trinajstić information content (AvgIpc) is 2.74. The summed E-state index contributed by atoms with van der Waals surface area (Å²) in [4.78, 5) is 28.9. The summed E-state index contributed by atoms with van der Waals surface area (Å²) in [5.41, 5.74) is 2.33. The summed E-state index contributed by atoms with van der Waals surface area (Å²) in [6, 6.07) is 17.1. The number of carbonyl (C=O) groups excluding carboxylic acids is 2. The van der Waals surface area contributed by atoms with E-state index in [2.05, 4.69) is 22.3 Å². The Morgan fingerprint density at radius 2 is 1.56 bits per heavy atom. The third kappa shape index (κ3) is 4.86. The van der Waals surface area contributed by atoms with E-state index in [1.165, 1.54) is 5.69 Å². The van der Waals surface area contributed by atoms with Gasteiger partial charge in [-0.2, -0.15) is 0 Å². The molecule has 0 bridgehead atoms. The Balaban J connectivity index is 1.54. The van der Waals surface area contributed by atoms with Gasteiger partial charge in [-0.1, -0.05) is 18.2 Å². The van der Waals surface area contributed by atoms with E-state index in [9.17, 15) is 9.59 Å². The van der Waals surface area contributed by atoms with E-state index in [0.29, 0.717) is 37.4 Å². The molecule has 1 aliphatic rings. The van der Waals surface area contributed by atoms with Gasteiger partial charge in [0.05, 0.1) is 6.61 Å². The van der Waals surface area contributed by atoms with Crippen LogP contribution in [-0.2, 0) is 4.74 Å². The first-order valence-corrected chi connectivity index (χ1v) is 9.15. The molecule has 0 radical (unpaired) electrons. The number of rotatable bonds is 6. The summed E-state index contributed by atoms with van der Waals surface area (Å²) in [7, 11) is 1.59. The predicted molar refractivity (Wildman–Crippen MR) is 105 cm³/mol. The maximum absolute atomic E-state index is 12.7. The minimum absolute atomic E-state index is 0.00838. The molecule has 142 valence electrons. The Morgan fingerprint density at radius 1 is 0.926 bits per heavy atom. The summed E-state index contributed by atoms with van der Waals surface area (Å²) in [6.45, 7) is 3.93. The summed E-state index contributed by atoms with van der Waals surface area (Å²) >= 11 is 0. The molecule has 1 saturated heterocycles. The molecule has 27 heavy (non-hydrogen) atoms. The van der Waals surface area contributed by atoms with Crippen LogP contribution < -0.4 is 10.2 Å². The van der Waals surface area contributed by atoms with Gasteiger partial charge in [-0.05, 0) is 36.4 Å². The van der Waals surface area contributed by atoms with Crippen molar-refractivity contribution in [3.8, 4) is 0 Å². The number of benzene rings is 2. The van der Waals surface area contributed by atoms with E-state index in [1.807, 2.05) is 23.1 Å². The van der Waals surface area contributed by atoms with Crippen molar-refractivity contribution in [1.82, 2.24) is 10.2 Å². The summed E-state index contributed by atoms with van der Waals surface area (Å²) < 4.78 is 4.91. The van der Waals surface area contributed by atoms with E-state index < -0.39 is 0 Å². The number of piperazine rings is 1. The molecule has 0 atom stereocenters. The molecular formula is C21H25N3O3. The van der Waals surface area contributed by atoms with Crippen molar-refractivity contribution in [2.75, 3.05) is 51.3 Å². The molecule has 1 aliphatic heterocycles. The first-order valence-electron chi connectivity index (χ1n) is 9.15. The maximum Gasteiger partial charge on any atom is 0.253 e. The molecular weight excluding hydrogens is 342 g/mol. The zero-order chi connectivity index (χ0) is 19.1. The zero-order valence-corrected chi connectivity index (χ0v) is 15.6. The number of carbonyl (C=O) groups is 2. The van der Waals surface area contributed by atoms with E-state index in [-0.39, 0.29) is 11.8 Å². The first-order chi connectivity index (χ1) is 13.2. The van der Waals surface area contributed by atoms with Gasteiger partial charge in [0.15, 0.2) is 0 Å². The Morgan fingerprint density at radius 3 is 2.19 bits per heavy atom. The molecule has 0 saturated carbocycles. The number of nitrogens with one attached hydrogen (secondary N) is 1. The van der Waals surface area contributed by atoms with Gasteiger partial charge >= 0.3 is 0 Å². The van der Waals surface area contributed by atoms with Crippen LogP contribution in [0.25, 0.3) is 0 Å². The maximum atomic E-state index is 12.7. The smallest absolute Gasteiger partial charge is 0.253 e. The van der Waals surface area contributed by atoms with Crippen LogP contribution in [0.5, 0.6) is 0 Å². The van der Waals surface area contributed by atoms with Crippen LogP contribution in [0, 0.1) is 0 Å². The van der Waals surface area contributed by atoms with Gasteiger partial charge in [0.2, 0.25) is 0 Å². The number of anilines is 1. The van der Waals surface area contributed by atoms with Crippen LogP contribution in [-0.4, -0.2) is 63.2 Å². The summed E-state index contributed by atoms with van der Waals surface area (Å²) in [5, 5.41) is 2.77. The third-order valence-corrected chi connectivity index (χ3v) is 4.67. The van der Waals surface area contributed by atoms with Crippen LogP contribution >= 0.6 is 0 Å². The molecule has 3 rings (SSSR count). The second-order valence-electron chi connectivity index (χ2n) is 6.44. The highest BCUT2D eigenvalue weighted by atomic mass is 16.5. The lowest BCUT2D eigenvalue weighted by molar-refractivity contribution is 0.0746. The van der Waals surface area contributed by atoms with Crippen molar-refractivity contribution < 1.29 is 14.3 Å². The lowest BCUT2D eigenvalue weighted by Gasteiger charge is -2.36. The fraction of sp³-hybridized carbons (Fsp3) is 0.333. The molecule has 0 unspecified atom stereocenters. The second kappa shape index (κ2) is 9.19. The van der Waals surface area contributed by atoms with E-state index in [1.54, 1.807) is 31.4 Å². The number of ether oxygens (including phenoxy) is 1. The standard InChI is InChI=1S/C21H25N3O3/c1-27-16-11-22-20(25)17-7-9-18(10-8-17)21(26)24-14-12-23(13-15-24)19-5-3-2-4-6-19/h2-10H,11-16H2,1H3,(H,22,25). The monoisotopic (exact) mass is 367 g/mol. The number of para-hydroxylation sites is 1. The molecule has 0 aromatic heterocycles. The van der Waals surface area contributed by atoms with Gasteiger partial charge in [-0.3, -0.25) is 9.59 Å². The SMILES string of the molecule is COCCNC(=O)c1ccc(C(=O)N2CCN(c3ccccc3)CC2)cc1. The minimum Gasteiger partial charge on any atom is -0.383 e. The van der Waals surface area contributed by atoms with Crippen molar-refractivity contribution in [3.63, 3.8) is 0 Å². The van der Waals surface area contributed by atoms with Crippen molar-refractivity contribution in [1.29, 1.82) is 0 Å². The number of methoxy groups -OCH3 is 1. The van der Waals surface area contributed by atoms with Gasteiger partial charge in [0, 0.05) is 56.6 Å². The van der Waals surface area contributed by atoms with E-state index in [0.717, 1.165) is 13.1 Å². The van der Waals surface area contributed by atoms with E-state index in [4.69, 9.17) is 4.74 Å². The van der Waals surface area contributed by atoms with E-state index >= 15 is 0 Å². The number of nitrogens with zero attached hydrogens (tertiary/aromatic N) is 2. The van der Waals surface area contributed by atoms with Gasteiger partial charge in [0.1, 0.15) is 0 Å². The molecule has 0 aliphatic carbocycles. The second-order valence-corrected chi connectivity index (χ2v) is 6.44. The molecule has 6 nitrogen and oxygen atoms in total. The molecule has 0 spiro atoms. The Hall–Kier alpha value is -2.86. The van der Waals surface area contributed by atoms with Crippen molar-refractivity contribution >= 4 is 17.5 Å². The van der Waals surface area contributed by atoms with Crippen molar-refractivity contribution in [2.45, 2.75) is 0 Å². The fourth-order valence-corrected chi connectivity index (χ4v) is 3.12. The Labute approximate surface area is 159 Å². The minimum atomic E-state index is -0.164. The van der Waals surface area contributed by atoms with Crippen LogP contribution in [0.4, 0.5) is 5.69 Å². The highest BCUT2D eigenvalue weighted by molar-refractivity contribution is 5.97. The molecule has 2 aromatic rings. The summed E-state index contributed by atoms with van der Waals surface area (Å²) in [6.07, 6.45) is 0. The van der Waals surface area contributed by atoms with Crippen LogP contribution in [0.1, 0.15) is 20.7 Å². The number of hydrogen-bond donors (Lipinski definition) is 1. The summed E-state index contributed by atoms with van der Waals surface area (Å²) in [5.74, 6) is -0.156. The zero-order valence-electron chi connectivity index (χ0n) is 15.6. The number of amides is 2. The van der Waals surface area contributed by atoms with Crippen molar-refractivity contribution in [2.24, 2.45) is 0 Å². The quantitative estimate of drug-likeness (QED) is 0.794. The largest absolute Gasteiger partial charge is 0.383 e. The highest BCUT2D eigenvalue weighted by Crippen LogP contribution is 2.17. The van der Waals surface area contributed by atoms with Crippen LogP contribution in [0.3, 0.4) is 0 Å². The van der Waals surface area contributed by atoms with Crippen molar-refractivity contribution in [3.05, 3.63) is 65.7 Å². The lowest BCUT2D eigenvalue weighted by atomic mass is 10.1. The van der Waals surface area contributed by atoms with Gasteiger partial charge in [-0.15, -0.1) is 0 Å². The molecule has 6 heteroatoms. The van der Waals surface area contributed by atoms with Crippen LogP contribution in [0.15, 0.2) is 54.6 Å². The Kier molecular flexibility index (Phi) is 6.44. The lowest BCUT2D eigenvalue weighted by Crippen LogP contribution is -2.48. The fourth-order valence-electron chi connectivity index (χ4n) is 3.12. The first kappa shape index (κ1) is 18.9. The topological polar surface area (TPSA) is 61.9 Å². The average molecular weight is 367 g/mol. The van der Waals surface area contributed by atoms with Gasteiger partial charge in [0.25, 0.3) is 11.8 Å². The predicted octanol–water partition coefficient (Wildman–Crippen LogP) is 2.03. The van der Waals surface area contributed by atoms with Crippen LogP contribution in [0.2, 0.25) is 0 Å². The van der Waals surface area contributed by atoms with Gasteiger partial charge in [-0.25, -0.2) is 0 Å².